The summed E-state index contributed by atoms with van der Waals surface area (Å²) >= 11 is 1.83. The summed E-state index contributed by atoms with van der Waals surface area (Å²) in [5.41, 5.74) is 3.79. The second-order valence-electron chi connectivity index (χ2n) is 6.72. The van der Waals surface area contributed by atoms with Gasteiger partial charge in [-0.2, -0.15) is 11.8 Å². The van der Waals surface area contributed by atoms with Crippen LogP contribution in [0.1, 0.15) is 43.4 Å². The molecule has 0 bridgehead atoms. The summed E-state index contributed by atoms with van der Waals surface area (Å²) in [4.78, 5) is 12.3. The molecule has 1 atom stereocenters. The summed E-state index contributed by atoms with van der Waals surface area (Å²) in [6, 6.07) is 16.3. The van der Waals surface area contributed by atoms with Crippen LogP contribution in [-0.4, -0.2) is 24.3 Å². The quantitative estimate of drug-likeness (QED) is 0.635. The fourth-order valence-corrected chi connectivity index (χ4v) is 3.59. The van der Waals surface area contributed by atoms with Gasteiger partial charge in [0, 0.05) is 18.1 Å². The predicted molar refractivity (Wildman–Crippen MR) is 111 cm³/mol. The molecular weight excluding hydrogens is 342 g/mol. The number of aryl methyl sites for hydroxylation is 1. The highest BCUT2D eigenvalue weighted by Gasteiger charge is 2.16. The second-order valence-corrected chi connectivity index (χ2v) is 7.83. The SMILES string of the molecule is Cc1ccccc1CSCCNC(=O)[C@H](C)Oc1ccccc1C(C)C. The van der Waals surface area contributed by atoms with Crippen molar-refractivity contribution in [2.24, 2.45) is 0 Å². The zero-order valence-corrected chi connectivity index (χ0v) is 16.9. The van der Waals surface area contributed by atoms with Crippen LogP contribution in [0, 0.1) is 6.92 Å². The van der Waals surface area contributed by atoms with Crippen LogP contribution in [-0.2, 0) is 10.5 Å². The molecule has 0 unspecified atom stereocenters. The Morgan fingerprint density at radius 3 is 2.50 bits per heavy atom. The van der Waals surface area contributed by atoms with Crippen molar-refractivity contribution in [3.8, 4) is 5.75 Å². The molecule has 0 aliphatic carbocycles. The predicted octanol–water partition coefficient (Wildman–Crippen LogP) is 4.94. The van der Waals surface area contributed by atoms with E-state index in [1.54, 1.807) is 6.92 Å². The number of nitrogens with one attached hydrogen (secondary N) is 1. The van der Waals surface area contributed by atoms with Gasteiger partial charge in [-0.25, -0.2) is 0 Å². The van der Waals surface area contributed by atoms with E-state index in [1.165, 1.54) is 11.1 Å². The number of hydrogen-bond acceptors (Lipinski definition) is 3. The van der Waals surface area contributed by atoms with Crippen LogP contribution in [0.3, 0.4) is 0 Å². The fourth-order valence-electron chi connectivity index (χ4n) is 2.65. The molecule has 2 aromatic rings. The van der Waals surface area contributed by atoms with Gasteiger partial charge in [-0.05, 0) is 42.5 Å². The lowest BCUT2D eigenvalue weighted by Gasteiger charge is -2.18. The van der Waals surface area contributed by atoms with E-state index in [9.17, 15) is 4.79 Å². The van der Waals surface area contributed by atoms with Gasteiger partial charge in [-0.1, -0.05) is 56.3 Å². The van der Waals surface area contributed by atoms with E-state index in [2.05, 4.69) is 50.4 Å². The number of para-hydroxylation sites is 1. The normalized spacial score (nSPS) is 12.0. The first-order valence-electron chi connectivity index (χ1n) is 9.14. The van der Waals surface area contributed by atoms with Crippen LogP contribution in [0.5, 0.6) is 5.75 Å². The summed E-state index contributed by atoms with van der Waals surface area (Å²) in [6.07, 6.45) is -0.503. The Hall–Kier alpha value is -1.94. The maximum absolute atomic E-state index is 12.3. The van der Waals surface area contributed by atoms with Gasteiger partial charge in [0.1, 0.15) is 5.75 Å². The number of carbonyl (C=O) groups excluding carboxylic acids is 1. The minimum atomic E-state index is -0.503. The number of ether oxygens (including phenoxy) is 1. The summed E-state index contributed by atoms with van der Waals surface area (Å²) < 4.78 is 5.89. The first-order valence-corrected chi connectivity index (χ1v) is 10.3. The van der Waals surface area contributed by atoms with Crippen LogP contribution < -0.4 is 10.1 Å². The standard InChI is InChI=1S/C22H29NO2S/c1-16(2)20-11-7-8-12-21(20)25-18(4)22(24)23-13-14-26-15-19-10-6-5-9-17(19)3/h5-12,16,18H,13-15H2,1-4H3,(H,23,24)/t18-/m0/s1. The van der Waals surface area contributed by atoms with Crippen molar-refractivity contribution < 1.29 is 9.53 Å². The van der Waals surface area contributed by atoms with E-state index in [4.69, 9.17) is 4.74 Å². The molecular formula is C22H29NO2S. The molecule has 0 aromatic heterocycles. The third-order valence-corrected chi connectivity index (χ3v) is 5.29. The van der Waals surface area contributed by atoms with Gasteiger partial charge in [0.25, 0.3) is 5.91 Å². The van der Waals surface area contributed by atoms with Gasteiger partial charge in [-0.3, -0.25) is 4.79 Å². The van der Waals surface area contributed by atoms with Gasteiger partial charge in [0.2, 0.25) is 0 Å². The monoisotopic (exact) mass is 371 g/mol. The Morgan fingerprint density at radius 1 is 1.08 bits per heavy atom. The largest absolute Gasteiger partial charge is 0.481 e. The molecule has 26 heavy (non-hydrogen) atoms. The Kier molecular flexibility index (Phi) is 8.05. The molecule has 1 N–H and O–H groups in total. The molecule has 140 valence electrons. The molecule has 0 spiro atoms. The molecule has 2 aromatic carbocycles. The van der Waals surface area contributed by atoms with E-state index >= 15 is 0 Å². The Labute approximate surface area is 161 Å². The number of hydrogen-bond donors (Lipinski definition) is 1. The van der Waals surface area contributed by atoms with Crippen molar-refractivity contribution in [1.82, 2.24) is 5.32 Å². The van der Waals surface area contributed by atoms with Crippen molar-refractivity contribution >= 4 is 17.7 Å². The van der Waals surface area contributed by atoms with Crippen LogP contribution in [0.4, 0.5) is 0 Å². The smallest absolute Gasteiger partial charge is 0.260 e. The molecule has 0 saturated carbocycles. The zero-order valence-electron chi connectivity index (χ0n) is 16.1. The lowest BCUT2D eigenvalue weighted by Crippen LogP contribution is -2.37. The molecule has 2 rings (SSSR count). The maximum Gasteiger partial charge on any atom is 0.260 e. The Bertz CT molecular complexity index is 715. The second kappa shape index (κ2) is 10.3. The molecule has 4 heteroatoms. The van der Waals surface area contributed by atoms with E-state index in [-0.39, 0.29) is 5.91 Å². The van der Waals surface area contributed by atoms with Crippen LogP contribution in [0.25, 0.3) is 0 Å². The topological polar surface area (TPSA) is 38.3 Å². The van der Waals surface area contributed by atoms with Gasteiger partial charge in [0.15, 0.2) is 6.10 Å². The highest BCUT2D eigenvalue weighted by Crippen LogP contribution is 2.26. The van der Waals surface area contributed by atoms with Crippen molar-refractivity contribution in [2.45, 2.75) is 45.5 Å². The molecule has 0 saturated heterocycles. The molecule has 1 amide bonds. The molecule has 3 nitrogen and oxygen atoms in total. The van der Waals surface area contributed by atoms with Crippen molar-refractivity contribution in [2.75, 3.05) is 12.3 Å². The third-order valence-electron chi connectivity index (χ3n) is 4.28. The fraction of sp³-hybridized carbons (Fsp3) is 0.409. The lowest BCUT2D eigenvalue weighted by molar-refractivity contribution is -0.127. The van der Waals surface area contributed by atoms with Crippen molar-refractivity contribution in [1.29, 1.82) is 0 Å². The summed E-state index contributed by atoms with van der Waals surface area (Å²) in [5, 5.41) is 2.97. The van der Waals surface area contributed by atoms with Crippen LogP contribution in [0.15, 0.2) is 48.5 Å². The van der Waals surface area contributed by atoms with Gasteiger partial charge in [-0.15, -0.1) is 0 Å². The molecule has 0 aliphatic heterocycles. The van der Waals surface area contributed by atoms with E-state index in [1.807, 2.05) is 36.0 Å². The molecule has 0 radical (unpaired) electrons. The van der Waals surface area contributed by atoms with Gasteiger partial charge >= 0.3 is 0 Å². The van der Waals surface area contributed by atoms with Gasteiger partial charge in [0.05, 0.1) is 0 Å². The van der Waals surface area contributed by atoms with E-state index in [0.29, 0.717) is 12.5 Å². The Morgan fingerprint density at radius 2 is 1.77 bits per heavy atom. The first-order chi connectivity index (χ1) is 12.5. The summed E-state index contributed by atoms with van der Waals surface area (Å²) in [7, 11) is 0. The minimum Gasteiger partial charge on any atom is -0.481 e. The van der Waals surface area contributed by atoms with E-state index < -0.39 is 6.10 Å². The summed E-state index contributed by atoms with van der Waals surface area (Å²) in [6.45, 7) is 8.82. The average molecular weight is 372 g/mol. The van der Waals surface area contributed by atoms with Crippen molar-refractivity contribution in [3.63, 3.8) is 0 Å². The number of amides is 1. The third kappa shape index (κ3) is 6.10. The zero-order chi connectivity index (χ0) is 18.9. The number of rotatable bonds is 9. The molecule has 0 heterocycles. The highest BCUT2D eigenvalue weighted by atomic mass is 32.2. The van der Waals surface area contributed by atoms with Crippen LogP contribution >= 0.6 is 11.8 Å². The van der Waals surface area contributed by atoms with Crippen molar-refractivity contribution in [3.05, 3.63) is 65.2 Å². The minimum absolute atomic E-state index is 0.0694. The average Bonchev–Trinajstić information content (AvgIpc) is 2.63. The van der Waals surface area contributed by atoms with Crippen LogP contribution in [0.2, 0.25) is 0 Å². The number of carbonyl (C=O) groups is 1. The number of thioether (sulfide) groups is 1. The molecule has 0 aliphatic rings. The van der Waals surface area contributed by atoms with Gasteiger partial charge < -0.3 is 10.1 Å². The highest BCUT2D eigenvalue weighted by molar-refractivity contribution is 7.98. The number of benzene rings is 2. The summed E-state index contributed by atoms with van der Waals surface area (Å²) in [5.74, 6) is 2.93. The maximum atomic E-state index is 12.3. The Balaban J connectivity index is 1.73. The molecule has 0 fully saturated rings. The van der Waals surface area contributed by atoms with E-state index in [0.717, 1.165) is 22.8 Å². The first kappa shape index (κ1) is 20.4. The lowest BCUT2D eigenvalue weighted by atomic mass is 10.0.